The third-order valence-electron chi connectivity index (χ3n) is 4.46. The molecule has 168 valence electrons. The molecular formula is C25H23N3O5. The minimum absolute atomic E-state index is 0.254. The molecule has 0 aliphatic carbocycles. The van der Waals surface area contributed by atoms with Crippen LogP contribution in [-0.4, -0.2) is 30.6 Å². The number of carbonyl (C=O) groups is 3. The molecule has 0 atom stereocenters. The quantitative estimate of drug-likeness (QED) is 0.190. The Labute approximate surface area is 191 Å². The summed E-state index contributed by atoms with van der Waals surface area (Å²) in [5.41, 5.74) is 4.54. The smallest absolute Gasteiger partial charge is 0.343 e. The third kappa shape index (κ3) is 6.51. The van der Waals surface area contributed by atoms with Crippen LogP contribution < -0.4 is 20.2 Å². The van der Waals surface area contributed by atoms with Crippen LogP contribution in [-0.2, 0) is 9.59 Å². The molecule has 2 N–H and O–H groups in total. The van der Waals surface area contributed by atoms with Crippen LogP contribution in [0.5, 0.6) is 11.5 Å². The highest BCUT2D eigenvalue weighted by Crippen LogP contribution is 2.29. The maximum Gasteiger partial charge on any atom is 0.343 e. The van der Waals surface area contributed by atoms with Gasteiger partial charge in [-0.3, -0.25) is 9.59 Å². The van der Waals surface area contributed by atoms with E-state index in [9.17, 15) is 14.4 Å². The molecule has 0 bridgehead atoms. The molecule has 0 saturated carbocycles. The molecule has 0 spiro atoms. The molecule has 0 aliphatic rings. The lowest BCUT2D eigenvalue weighted by atomic mass is 10.2. The van der Waals surface area contributed by atoms with Crippen molar-refractivity contribution in [3.05, 3.63) is 89.5 Å². The molecule has 8 heteroatoms. The topological polar surface area (TPSA) is 106 Å². The number of hydrazone groups is 1. The predicted octanol–water partition coefficient (Wildman–Crippen LogP) is 3.70. The Morgan fingerprint density at radius 3 is 2.36 bits per heavy atom. The monoisotopic (exact) mass is 445 g/mol. The van der Waals surface area contributed by atoms with Gasteiger partial charge in [-0.15, -0.1) is 0 Å². The maximum atomic E-state index is 12.3. The number of nitrogens with zero attached hydrogens (tertiary/aromatic N) is 1. The highest BCUT2D eigenvalue weighted by atomic mass is 16.6. The Morgan fingerprint density at radius 1 is 0.909 bits per heavy atom. The highest BCUT2D eigenvalue weighted by molar-refractivity contribution is 6.39. The summed E-state index contributed by atoms with van der Waals surface area (Å²) in [6.45, 7) is 3.98. The van der Waals surface area contributed by atoms with Crippen molar-refractivity contribution in [2.75, 3.05) is 11.9 Å². The second-order valence-corrected chi connectivity index (χ2v) is 6.86. The molecule has 8 nitrogen and oxygen atoms in total. The summed E-state index contributed by atoms with van der Waals surface area (Å²) in [6, 6.07) is 20.5. The van der Waals surface area contributed by atoms with Gasteiger partial charge in [-0.2, -0.15) is 5.10 Å². The van der Waals surface area contributed by atoms with E-state index in [1.165, 1.54) is 6.21 Å². The van der Waals surface area contributed by atoms with Crippen molar-refractivity contribution in [1.82, 2.24) is 5.43 Å². The van der Waals surface area contributed by atoms with Gasteiger partial charge in [-0.05, 0) is 61.4 Å². The number of ether oxygens (including phenoxy) is 2. The molecule has 0 fully saturated rings. The number of aryl methyl sites for hydroxylation is 1. The second kappa shape index (κ2) is 11.2. The number of hydrogen-bond donors (Lipinski definition) is 2. The van der Waals surface area contributed by atoms with E-state index in [-0.39, 0.29) is 5.75 Å². The maximum absolute atomic E-state index is 12.3. The largest absolute Gasteiger partial charge is 0.490 e. The Kier molecular flexibility index (Phi) is 7.91. The van der Waals surface area contributed by atoms with Gasteiger partial charge in [0.2, 0.25) is 0 Å². The van der Waals surface area contributed by atoms with E-state index in [1.54, 1.807) is 61.5 Å². The summed E-state index contributed by atoms with van der Waals surface area (Å²) < 4.78 is 11.0. The van der Waals surface area contributed by atoms with Crippen LogP contribution in [0.15, 0.2) is 77.9 Å². The third-order valence-corrected chi connectivity index (χ3v) is 4.46. The van der Waals surface area contributed by atoms with Crippen LogP contribution in [0.4, 0.5) is 5.69 Å². The SMILES string of the molecule is CCOc1cc(/C=N\NC(=O)C(=O)Nc2ccccc2C)ccc1OC(=O)c1ccccc1. The van der Waals surface area contributed by atoms with Crippen LogP contribution in [0.2, 0.25) is 0 Å². The van der Waals surface area contributed by atoms with Crippen molar-refractivity contribution in [2.24, 2.45) is 5.10 Å². The molecule has 2 amide bonds. The first-order valence-electron chi connectivity index (χ1n) is 10.2. The van der Waals surface area contributed by atoms with E-state index < -0.39 is 17.8 Å². The summed E-state index contributed by atoms with van der Waals surface area (Å²) in [5, 5.41) is 6.35. The number of benzene rings is 3. The Hall–Kier alpha value is -4.46. The van der Waals surface area contributed by atoms with Crippen molar-refractivity contribution in [2.45, 2.75) is 13.8 Å². The molecule has 0 aromatic heterocycles. The molecule has 0 saturated heterocycles. The van der Waals surface area contributed by atoms with E-state index in [0.29, 0.717) is 29.2 Å². The first-order valence-corrected chi connectivity index (χ1v) is 10.2. The number of esters is 1. The molecule has 0 heterocycles. The van der Waals surface area contributed by atoms with Crippen LogP contribution in [0, 0.1) is 6.92 Å². The average molecular weight is 445 g/mol. The fourth-order valence-electron chi connectivity index (χ4n) is 2.80. The Morgan fingerprint density at radius 2 is 1.64 bits per heavy atom. The highest BCUT2D eigenvalue weighted by Gasteiger charge is 2.15. The number of anilines is 1. The predicted molar refractivity (Wildman–Crippen MR) is 125 cm³/mol. The van der Waals surface area contributed by atoms with E-state index in [0.717, 1.165) is 5.56 Å². The van der Waals surface area contributed by atoms with Gasteiger partial charge in [-0.25, -0.2) is 10.2 Å². The minimum atomic E-state index is -0.909. The van der Waals surface area contributed by atoms with Gasteiger partial charge in [0.1, 0.15) is 0 Å². The first kappa shape index (κ1) is 23.2. The summed E-state index contributed by atoms with van der Waals surface area (Å²) in [6.07, 6.45) is 1.35. The summed E-state index contributed by atoms with van der Waals surface area (Å²) >= 11 is 0. The number of para-hydroxylation sites is 1. The normalized spacial score (nSPS) is 10.5. The molecule has 0 radical (unpaired) electrons. The van der Waals surface area contributed by atoms with Crippen molar-refractivity contribution >= 4 is 29.7 Å². The number of amides is 2. The van der Waals surface area contributed by atoms with Crippen LogP contribution in [0.1, 0.15) is 28.4 Å². The fourth-order valence-corrected chi connectivity index (χ4v) is 2.80. The van der Waals surface area contributed by atoms with E-state index >= 15 is 0 Å². The zero-order valence-corrected chi connectivity index (χ0v) is 18.2. The summed E-state index contributed by atoms with van der Waals surface area (Å²) in [4.78, 5) is 36.4. The standard InChI is InChI=1S/C25H23N3O5/c1-3-32-22-15-18(13-14-21(22)33-25(31)19-10-5-4-6-11-19)16-26-28-24(30)23(29)27-20-12-8-7-9-17(20)2/h4-16H,3H2,1-2H3,(H,27,29)(H,28,30)/b26-16-. The summed E-state index contributed by atoms with van der Waals surface area (Å²) in [7, 11) is 0. The molecule has 0 aliphatic heterocycles. The molecule has 3 rings (SSSR count). The second-order valence-electron chi connectivity index (χ2n) is 6.86. The fraction of sp³-hybridized carbons (Fsp3) is 0.120. The van der Waals surface area contributed by atoms with E-state index in [2.05, 4.69) is 15.8 Å². The van der Waals surface area contributed by atoms with Crippen molar-refractivity contribution in [1.29, 1.82) is 0 Å². The van der Waals surface area contributed by atoms with Crippen molar-refractivity contribution in [3.8, 4) is 11.5 Å². The lowest BCUT2D eigenvalue weighted by molar-refractivity contribution is -0.136. The van der Waals surface area contributed by atoms with Gasteiger partial charge in [0.15, 0.2) is 11.5 Å². The first-order chi connectivity index (χ1) is 16.0. The van der Waals surface area contributed by atoms with E-state index in [4.69, 9.17) is 9.47 Å². The number of rotatable bonds is 7. The lowest BCUT2D eigenvalue weighted by Crippen LogP contribution is -2.32. The molecular weight excluding hydrogens is 422 g/mol. The van der Waals surface area contributed by atoms with Gasteiger partial charge in [-0.1, -0.05) is 36.4 Å². The van der Waals surface area contributed by atoms with Crippen molar-refractivity contribution < 1.29 is 23.9 Å². The Bertz CT molecular complexity index is 1180. The molecule has 3 aromatic rings. The molecule has 33 heavy (non-hydrogen) atoms. The van der Waals surface area contributed by atoms with Gasteiger partial charge in [0, 0.05) is 5.69 Å². The van der Waals surface area contributed by atoms with E-state index in [1.807, 2.05) is 25.1 Å². The van der Waals surface area contributed by atoms with Gasteiger partial charge in [0.25, 0.3) is 0 Å². The number of hydrogen-bond acceptors (Lipinski definition) is 6. The van der Waals surface area contributed by atoms with Crippen molar-refractivity contribution in [3.63, 3.8) is 0 Å². The summed E-state index contributed by atoms with van der Waals surface area (Å²) in [5.74, 6) is -1.66. The zero-order chi connectivity index (χ0) is 23.6. The average Bonchev–Trinajstić information content (AvgIpc) is 2.82. The van der Waals surface area contributed by atoms with Gasteiger partial charge in [0.05, 0.1) is 18.4 Å². The Balaban J connectivity index is 1.63. The zero-order valence-electron chi connectivity index (χ0n) is 18.2. The van der Waals surface area contributed by atoms with Crippen LogP contribution in [0.3, 0.4) is 0 Å². The molecule has 0 unspecified atom stereocenters. The lowest BCUT2D eigenvalue weighted by Gasteiger charge is -2.11. The van der Waals surface area contributed by atoms with Crippen LogP contribution >= 0.6 is 0 Å². The van der Waals surface area contributed by atoms with Gasteiger partial charge >= 0.3 is 17.8 Å². The van der Waals surface area contributed by atoms with Gasteiger partial charge < -0.3 is 14.8 Å². The minimum Gasteiger partial charge on any atom is -0.490 e. The van der Waals surface area contributed by atoms with Crippen LogP contribution in [0.25, 0.3) is 0 Å². The molecule has 3 aromatic carbocycles. The number of carbonyl (C=O) groups excluding carboxylic acids is 3. The number of nitrogens with one attached hydrogen (secondary N) is 2.